The van der Waals surface area contributed by atoms with Gasteiger partial charge < -0.3 is 5.32 Å². The number of fused-ring (bicyclic) bond motifs is 3. The average Bonchev–Trinajstić information content (AvgIpc) is 3.10. The van der Waals surface area contributed by atoms with Crippen molar-refractivity contribution in [2.75, 3.05) is 11.1 Å². The molecule has 4 rings (SSSR count). The molecule has 0 aliphatic rings. The Bertz CT molecular complexity index is 1290. The molecule has 31 heavy (non-hydrogen) atoms. The number of carbonyl (C=O) groups is 1. The van der Waals surface area contributed by atoms with Gasteiger partial charge in [0.15, 0.2) is 10.8 Å². The van der Waals surface area contributed by atoms with Crippen LogP contribution in [0.15, 0.2) is 53.7 Å². The van der Waals surface area contributed by atoms with Gasteiger partial charge in [-0.15, -0.1) is 10.2 Å². The molecular formula is C21H16ClF3N4OS. The molecule has 0 atom stereocenters. The Morgan fingerprint density at radius 2 is 1.94 bits per heavy atom. The first-order valence-electron chi connectivity index (χ1n) is 9.27. The molecule has 2 aromatic carbocycles. The van der Waals surface area contributed by atoms with Crippen molar-refractivity contribution in [2.45, 2.75) is 24.7 Å². The monoisotopic (exact) mass is 464 g/mol. The molecule has 0 unspecified atom stereocenters. The highest BCUT2D eigenvalue weighted by Crippen LogP contribution is 2.36. The SMILES string of the molecule is Cc1cc2nnc(SCCC(=O)Nc3cc(Cl)ccc3C(F)(F)F)n2c2ccccc12. The third-order valence-electron chi connectivity index (χ3n) is 4.70. The van der Waals surface area contributed by atoms with Crippen molar-refractivity contribution in [1.29, 1.82) is 0 Å². The van der Waals surface area contributed by atoms with Gasteiger partial charge in [-0.05, 0) is 42.8 Å². The molecule has 4 aromatic rings. The fourth-order valence-electron chi connectivity index (χ4n) is 3.28. The van der Waals surface area contributed by atoms with Crippen LogP contribution >= 0.6 is 23.4 Å². The van der Waals surface area contributed by atoms with Crippen LogP contribution in [0.1, 0.15) is 17.5 Å². The summed E-state index contributed by atoms with van der Waals surface area (Å²) in [6.45, 7) is 2.00. The maximum absolute atomic E-state index is 13.2. The maximum Gasteiger partial charge on any atom is 0.418 e. The van der Waals surface area contributed by atoms with E-state index in [-0.39, 0.29) is 17.1 Å². The van der Waals surface area contributed by atoms with Crippen molar-refractivity contribution in [1.82, 2.24) is 14.6 Å². The van der Waals surface area contributed by atoms with Crippen LogP contribution in [-0.4, -0.2) is 26.3 Å². The zero-order valence-corrected chi connectivity index (χ0v) is 17.8. The number of nitrogens with one attached hydrogen (secondary N) is 1. The number of aryl methyl sites for hydroxylation is 1. The van der Waals surface area contributed by atoms with Crippen molar-refractivity contribution in [3.05, 3.63) is 64.7 Å². The fraction of sp³-hybridized carbons (Fsp3) is 0.190. The van der Waals surface area contributed by atoms with Crippen LogP contribution in [0.4, 0.5) is 18.9 Å². The Labute approximate surface area is 184 Å². The van der Waals surface area contributed by atoms with Crippen LogP contribution in [0.25, 0.3) is 16.6 Å². The van der Waals surface area contributed by atoms with Crippen molar-refractivity contribution >= 4 is 51.5 Å². The molecule has 1 N–H and O–H groups in total. The summed E-state index contributed by atoms with van der Waals surface area (Å²) in [4.78, 5) is 12.3. The lowest BCUT2D eigenvalue weighted by Crippen LogP contribution is -2.17. The highest BCUT2D eigenvalue weighted by Gasteiger charge is 2.34. The topological polar surface area (TPSA) is 59.3 Å². The number of nitrogens with zero attached hydrogens (tertiary/aromatic N) is 3. The number of hydrogen-bond donors (Lipinski definition) is 1. The molecule has 160 valence electrons. The van der Waals surface area contributed by atoms with Gasteiger partial charge in [-0.1, -0.05) is 41.6 Å². The average molecular weight is 465 g/mol. The Morgan fingerprint density at radius 1 is 1.16 bits per heavy atom. The number of amides is 1. The van der Waals surface area contributed by atoms with Crippen molar-refractivity contribution in [3.8, 4) is 0 Å². The van der Waals surface area contributed by atoms with E-state index < -0.39 is 17.6 Å². The Balaban J connectivity index is 1.48. The number of carbonyl (C=O) groups excluding carboxylic acids is 1. The Morgan fingerprint density at radius 3 is 2.71 bits per heavy atom. The van der Waals surface area contributed by atoms with Crippen molar-refractivity contribution < 1.29 is 18.0 Å². The predicted octanol–water partition coefficient (Wildman–Crippen LogP) is 5.98. The molecule has 2 aromatic heterocycles. The fourth-order valence-corrected chi connectivity index (χ4v) is 4.34. The number of anilines is 1. The van der Waals surface area contributed by atoms with Gasteiger partial charge in [-0.25, -0.2) is 0 Å². The quantitative estimate of drug-likeness (QED) is 0.369. The van der Waals surface area contributed by atoms with E-state index in [9.17, 15) is 18.0 Å². The second kappa shape index (κ2) is 8.39. The summed E-state index contributed by atoms with van der Waals surface area (Å²) < 4.78 is 41.4. The van der Waals surface area contributed by atoms with E-state index in [4.69, 9.17) is 11.6 Å². The highest BCUT2D eigenvalue weighted by molar-refractivity contribution is 7.99. The molecule has 1 amide bonds. The first kappa shape index (κ1) is 21.5. The zero-order valence-electron chi connectivity index (χ0n) is 16.2. The number of benzene rings is 2. The summed E-state index contributed by atoms with van der Waals surface area (Å²) in [6.07, 6.45) is -4.60. The van der Waals surface area contributed by atoms with Gasteiger partial charge in [-0.3, -0.25) is 9.20 Å². The summed E-state index contributed by atoms with van der Waals surface area (Å²) >= 11 is 7.11. The summed E-state index contributed by atoms with van der Waals surface area (Å²) in [6, 6.07) is 12.9. The van der Waals surface area contributed by atoms with E-state index >= 15 is 0 Å². The molecule has 0 aliphatic carbocycles. The lowest BCUT2D eigenvalue weighted by atomic mass is 10.1. The number of alkyl halides is 3. The van der Waals surface area contributed by atoms with E-state index in [1.54, 1.807) is 0 Å². The number of hydrogen-bond acceptors (Lipinski definition) is 4. The zero-order chi connectivity index (χ0) is 22.2. The van der Waals surface area contributed by atoms with Gasteiger partial charge in [0.25, 0.3) is 0 Å². The van der Waals surface area contributed by atoms with E-state index in [1.165, 1.54) is 11.8 Å². The van der Waals surface area contributed by atoms with E-state index in [1.807, 2.05) is 41.7 Å². The summed E-state index contributed by atoms with van der Waals surface area (Å²) in [7, 11) is 0. The third-order valence-corrected chi connectivity index (χ3v) is 5.86. The number of para-hydroxylation sites is 1. The van der Waals surface area contributed by atoms with Gasteiger partial charge in [0.1, 0.15) is 0 Å². The molecule has 0 bridgehead atoms. The lowest BCUT2D eigenvalue weighted by molar-refractivity contribution is -0.137. The van der Waals surface area contributed by atoms with Crippen molar-refractivity contribution in [2.24, 2.45) is 0 Å². The number of thioether (sulfide) groups is 1. The smallest absolute Gasteiger partial charge is 0.325 e. The lowest BCUT2D eigenvalue weighted by Gasteiger charge is -2.14. The normalized spacial score (nSPS) is 11.9. The number of rotatable bonds is 5. The van der Waals surface area contributed by atoms with Crippen LogP contribution in [0.5, 0.6) is 0 Å². The Kier molecular flexibility index (Phi) is 5.81. The van der Waals surface area contributed by atoms with Gasteiger partial charge in [0, 0.05) is 22.6 Å². The molecule has 0 saturated carbocycles. The van der Waals surface area contributed by atoms with Crippen molar-refractivity contribution in [3.63, 3.8) is 0 Å². The molecule has 0 fully saturated rings. The van der Waals surface area contributed by atoms with Gasteiger partial charge >= 0.3 is 6.18 Å². The molecular weight excluding hydrogens is 449 g/mol. The summed E-state index contributed by atoms with van der Waals surface area (Å²) in [5.41, 5.74) is 1.42. The summed E-state index contributed by atoms with van der Waals surface area (Å²) in [5, 5.41) is 12.5. The first-order valence-corrected chi connectivity index (χ1v) is 10.6. The van der Waals surface area contributed by atoms with Crippen LogP contribution < -0.4 is 5.32 Å². The van der Waals surface area contributed by atoms with E-state index in [2.05, 4.69) is 15.5 Å². The number of aromatic nitrogens is 3. The van der Waals surface area contributed by atoms with Gasteiger partial charge in [-0.2, -0.15) is 13.2 Å². The largest absolute Gasteiger partial charge is 0.418 e. The summed E-state index contributed by atoms with van der Waals surface area (Å²) in [5.74, 6) is -0.230. The van der Waals surface area contributed by atoms with Gasteiger partial charge in [0.05, 0.1) is 16.8 Å². The number of pyridine rings is 1. The first-order chi connectivity index (χ1) is 14.7. The molecule has 10 heteroatoms. The molecule has 0 radical (unpaired) electrons. The minimum absolute atomic E-state index is 0.00676. The second-order valence-electron chi connectivity index (χ2n) is 6.85. The molecule has 2 heterocycles. The predicted molar refractivity (Wildman–Crippen MR) is 116 cm³/mol. The highest BCUT2D eigenvalue weighted by atomic mass is 35.5. The van der Waals surface area contributed by atoms with Crippen LogP contribution in [0, 0.1) is 6.92 Å². The molecule has 0 spiro atoms. The second-order valence-corrected chi connectivity index (χ2v) is 8.35. The van der Waals surface area contributed by atoms with E-state index in [0.29, 0.717) is 16.6 Å². The van der Waals surface area contributed by atoms with Crippen LogP contribution in [0.2, 0.25) is 5.02 Å². The van der Waals surface area contributed by atoms with Crippen LogP contribution in [-0.2, 0) is 11.0 Å². The Hall–Kier alpha value is -2.78. The maximum atomic E-state index is 13.2. The third kappa shape index (κ3) is 4.47. The van der Waals surface area contributed by atoms with Crippen LogP contribution in [0.3, 0.4) is 0 Å². The molecule has 0 aliphatic heterocycles. The number of halogens is 4. The minimum atomic E-state index is -4.60. The van der Waals surface area contributed by atoms with Gasteiger partial charge in [0.2, 0.25) is 5.91 Å². The molecule has 0 saturated heterocycles. The van der Waals surface area contributed by atoms with E-state index in [0.717, 1.165) is 34.7 Å². The standard InChI is InChI=1S/C21H16ClF3N4OS/c1-12-10-18-27-28-20(29(18)17-5-3-2-4-14(12)17)31-9-8-19(30)26-16-11-13(22)6-7-15(16)21(23,24)25/h2-7,10-11H,8-9H2,1H3,(H,26,30). The minimum Gasteiger partial charge on any atom is -0.325 e. The molecule has 5 nitrogen and oxygen atoms in total.